The number of rotatable bonds is 2. The van der Waals surface area contributed by atoms with Crippen molar-refractivity contribution in [2.24, 2.45) is 0 Å². The quantitative estimate of drug-likeness (QED) is 0.587. The Labute approximate surface area is 111 Å². The molecular weight excluding hydrogens is 240 g/mol. The smallest absolute Gasteiger partial charge is 0.337 e. The summed E-state index contributed by atoms with van der Waals surface area (Å²) in [7, 11) is 1.32. The number of hydrogen-bond acceptors (Lipinski definition) is 3. The summed E-state index contributed by atoms with van der Waals surface area (Å²) < 4.78 is 9.65. The maximum Gasteiger partial charge on any atom is 0.337 e. The van der Waals surface area contributed by atoms with Gasteiger partial charge < -0.3 is 9.47 Å². The van der Waals surface area contributed by atoms with Gasteiger partial charge in [-0.05, 0) is 42.0 Å². The summed E-state index contributed by atoms with van der Waals surface area (Å²) >= 11 is 0. The molecule has 0 atom stereocenters. The molecule has 0 aliphatic carbocycles. The second-order valence-electron chi connectivity index (χ2n) is 2.99. The molecule has 0 radical (unpaired) electrons. The van der Waals surface area contributed by atoms with E-state index >= 15 is 0 Å². The summed E-state index contributed by atoms with van der Waals surface area (Å²) in [6.07, 6.45) is 7.29. The van der Waals surface area contributed by atoms with Crippen molar-refractivity contribution in [3.63, 3.8) is 0 Å². The van der Waals surface area contributed by atoms with E-state index in [2.05, 4.69) is 46.4 Å². The number of terminal acetylenes is 1. The maximum atomic E-state index is 11.2. The first-order valence-corrected chi connectivity index (χ1v) is 5.08. The molecule has 90 valence electrons. The van der Waals surface area contributed by atoms with E-state index in [9.17, 15) is 4.79 Å². The lowest BCUT2D eigenvalue weighted by molar-refractivity contribution is 0.0600. The third-order valence-electron chi connectivity index (χ3n) is 1.82. The lowest BCUT2D eigenvalue weighted by atomic mass is 10.2. The highest BCUT2D eigenvalue weighted by Gasteiger charge is 2.03. The van der Waals surface area contributed by atoms with Crippen LogP contribution in [0.5, 0.6) is 5.75 Å². The second kappa shape index (κ2) is 7.92. The van der Waals surface area contributed by atoms with Crippen LogP contribution in [0.15, 0.2) is 24.3 Å². The van der Waals surface area contributed by atoms with E-state index in [1.165, 1.54) is 7.11 Å². The molecule has 1 aromatic carbocycles. The van der Waals surface area contributed by atoms with Crippen LogP contribution >= 0.6 is 0 Å². The molecule has 0 heterocycles. The molecule has 19 heavy (non-hydrogen) atoms. The summed E-state index contributed by atoms with van der Waals surface area (Å²) in [5.74, 6) is 14.3. The SMILES string of the molecule is C#CC#CC#CC#COc1ccc(C(=O)OC)cc1. The zero-order chi connectivity index (χ0) is 13.9. The first-order valence-electron chi connectivity index (χ1n) is 5.08. The van der Waals surface area contributed by atoms with Gasteiger partial charge in [-0.3, -0.25) is 0 Å². The van der Waals surface area contributed by atoms with Crippen molar-refractivity contribution < 1.29 is 14.3 Å². The van der Waals surface area contributed by atoms with Gasteiger partial charge >= 0.3 is 5.97 Å². The molecule has 0 unspecified atom stereocenters. The molecule has 0 aliphatic rings. The van der Waals surface area contributed by atoms with E-state index < -0.39 is 5.97 Å². The van der Waals surface area contributed by atoms with Crippen LogP contribution in [0.2, 0.25) is 0 Å². The predicted molar refractivity (Wildman–Crippen MR) is 70.6 cm³/mol. The molecular formula is C16H8O3. The number of ether oxygens (including phenoxy) is 2. The van der Waals surface area contributed by atoms with Crippen LogP contribution in [0.3, 0.4) is 0 Å². The molecule has 0 fully saturated rings. The van der Waals surface area contributed by atoms with E-state index in [0.29, 0.717) is 11.3 Å². The summed E-state index contributed by atoms with van der Waals surface area (Å²) in [5, 5.41) is 0. The minimum Gasteiger partial charge on any atom is -0.465 e. The Morgan fingerprint density at radius 2 is 1.68 bits per heavy atom. The van der Waals surface area contributed by atoms with Gasteiger partial charge in [0.05, 0.1) is 12.7 Å². The number of benzene rings is 1. The second-order valence-corrected chi connectivity index (χ2v) is 2.99. The summed E-state index contributed by atoms with van der Waals surface area (Å²) in [6, 6.07) is 6.36. The Bertz CT molecular complexity index is 672. The van der Waals surface area contributed by atoms with Crippen LogP contribution in [0.1, 0.15) is 10.4 Å². The van der Waals surface area contributed by atoms with Crippen molar-refractivity contribution in [3.05, 3.63) is 29.8 Å². The molecule has 0 saturated carbocycles. The van der Waals surface area contributed by atoms with E-state index in [4.69, 9.17) is 11.2 Å². The average Bonchev–Trinajstić information content (AvgIpc) is 2.46. The zero-order valence-electron chi connectivity index (χ0n) is 10.1. The molecule has 0 aromatic heterocycles. The van der Waals surface area contributed by atoms with Gasteiger partial charge in [-0.25, -0.2) is 4.79 Å². The van der Waals surface area contributed by atoms with E-state index in [-0.39, 0.29) is 0 Å². The van der Waals surface area contributed by atoms with Gasteiger partial charge in [-0.1, -0.05) is 0 Å². The Balaban J connectivity index is 2.60. The Kier molecular flexibility index (Phi) is 5.75. The van der Waals surface area contributed by atoms with Gasteiger partial charge in [0.1, 0.15) is 11.9 Å². The third-order valence-corrected chi connectivity index (χ3v) is 1.82. The molecule has 0 amide bonds. The average molecular weight is 248 g/mol. The number of esters is 1. The summed E-state index contributed by atoms with van der Waals surface area (Å²) in [4.78, 5) is 11.2. The highest BCUT2D eigenvalue weighted by molar-refractivity contribution is 5.89. The van der Waals surface area contributed by atoms with E-state index in [1.54, 1.807) is 24.3 Å². The van der Waals surface area contributed by atoms with E-state index in [0.717, 1.165) is 0 Å². The minimum atomic E-state index is -0.407. The van der Waals surface area contributed by atoms with Crippen molar-refractivity contribution in [1.82, 2.24) is 0 Å². The highest BCUT2D eigenvalue weighted by atomic mass is 16.5. The number of methoxy groups -OCH3 is 1. The highest BCUT2D eigenvalue weighted by Crippen LogP contribution is 2.12. The van der Waals surface area contributed by atoms with Crippen molar-refractivity contribution >= 4 is 5.97 Å². The number of hydrogen-bond donors (Lipinski definition) is 0. The lowest BCUT2D eigenvalue weighted by Crippen LogP contribution is -2.00. The molecule has 3 nitrogen and oxygen atoms in total. The van der Waals surface area contributed by atoms with Crippen LogP contribution in [0, 0.1) is 48.1 Å². The van der Waals surface area contributed by atoms with Gasteiger partial charge in [0, 0.05) is 17.8 Å². The molecule has 0 spiro atoms. The zero-order valence-corrected chi connectivity index (χ0v) is 10.1. The van der Waals surface area contributed by atoms with E-state index in [1.807, 2.05) is 0 Å². The van der Waals surface area contributed by atoms with Crippen molar-refractivity contribution in [2.75, 3.05) is 7.11 Å². The van der Waals surface area contributed by atoms with Crippen LogP contribution in [-0.4, -0.2) is 13.1 Å². The molecule has 1 aromatic rings. The first kappa shape index (κ1) is 13.8. The van der Waals surface area contributed by atoms with Crippen molar-refractivity contribution in [1.29, 1.82) is 0 Å². The fourth-order valence-electron chi connectivity index (χ4n) is 1.02. The molecule has 3 heteroatoms. The monoisotopic (exact) mass is 248 g/mol. The van der Waals surface area contributed by atoms with Crippen molar-refractivity contribution in [2.45, 2.75) is 0 Å². The topological polar surface area (TPSA) is 35.5 Å². The van der Waals surface area contributed by atoms with Gasteiger partial charge in [0.15, 0.2) is 0 Å². The normalized spacial score (nSPS) is 7.16. The fraction of sp³-hybridized carbons (Fsp3) is 0.0625. The van der Waals surface area contributed by atoms with Crippen LogP contribution in [-0.2, 0) is 4.74 Å². The van der Waals surface area contributed by atoms with Gasteiger partial charge in [-0.15, -0.1) is 6.42 Å². The molecule has 1 rings (SSSR count). The van der Waals surface area contributed by atoms with Crippen LogP contribution in [0.25, 0.3) is 0 Å². The molecule has 0 saturated heterocycles. The summed E-state index contributed by atoms with van der Waals surface area (Å²) in [5.41, 5.74) is 0.437. The fourth-order valence-corrected chi connectivity index (χ4v) is 1.02. The Hall–Kier alpha value is -3.27. The van der Waals surface area contributed by atoms with Crippen LogP contribution < -0.4 is 4.74 Å². The maximum absolute atomic E-state index is 11.2. The van der Waals surface area contributed by atoms with Gasteiger partial charge in [-0.2, -0.15) is 0 Å². The Morgan fingerprint density at radius 1 is 1.05 bits per heavy atom. The van der Waals surface area contributed by atoms with Crippen molar-refractivity contribution in [3.8, 4) is 53.8 Å². The third kappa shape index (κ3) is 5.06. The molecule has 0 N–H and O–H groups in total. The molecule has 0 aliphatic heterocycles. The Morgan fingerprint density at radius 3 is 2.32 bits per heavy atom. The lowest BCUT2D eigenvalue weighted by Gasteiger charge is -1.99. The largest absolute Gasteiger partial charge is 0.465 e. The minimum absolute atomic E-state index is 0.407. The number of carbonyl (C=O) groups is 1. The molecule has 0 bridgehead atoms. The first-order chi connectivity index (χ1) is 9.27. The van der Waals surface area contributed by atoms with Crippen LogP contribution in [0.4, 0.5) is 0 Å². The standard InChI is InChI=1S/C16H8O3/c1-3-4-5-6-7-8-13-19-15-11-9-14(10-12-15)16(17)18-2/h1,9-12H,2H3. The van der Waals surface area contributed by atoms with Gasteiger partial charge in [0.2, 0.25) is 0 Å². The number of carbonyl (C=O) groups excluding carboxylic acids is 1. The predicted octanol–water partition coefficient (Wildman–Crippen LogP) is 1.45. The van der Waals surface area contributed by atoms with Gasteiger partial charge in [0.25, 0.3) is 0 Å². The summed E-state index contributed by atoms with van der Waals surface area (Å²) in [6.45, 7) is 0.